The maximum Gasteiger partial charge on any atom is 0.251 e. The van der Waals surface area contributed by atoms with E-state index in [1.807, 2.05) is 42.5 Å². The highest BCUT2D eigenvalue weighted by Gasteiger charge is 2.23. The van der Waals surface area contributed by atoms with E-state index in [0.29, 0.717) is 5.56 Å². The highest BCUT2D eigenvalue weighted by atomic mass is 35.5. The van der Waals surface area contributed by atoms with E-state index < -0.39 is 0 Å². The standard InChI is InChI=1S/C23H23ClN2O/c1-25-23(27)20-10-8-17(9-11-20)16-26(2)22(18-6-4-3-5-7-18)19-12-14-21(24)15-13-19/h3-15,22H,16H2,1-2H3,(H,25,27)/p+1/t22-/m0/s1. The van der Waals surface area contributed by atoms with Gasteiger partial charge in [0.2, 0.25) is 0 Å². The number of carbonyl (C=O) groups is 1. The van der Waals surface area contributed by atoms with Crippen LogP contribution in [0.1, 0.15) is 33.1 Å². The molecule has 3 aromatic rings. The molecule has 0 radical (unpaired) electrons. The topological polar surface area (TPSA) is 33.5 Å². The summed E-state index contributed by atoms with van der Waals surface area (Å²) in [6, 6.07) is 26.6. The molecular formula is C23H24ClN2O+. The summed E-state index contributed by atoms with van der Waals surface area (Å²) in [4.78, 5) is 13.1. The van der Waals surface area contributed by atoms with Crippen LogP contribution in [-0.4, -0.2) is 20.0 Å². The van der Waals surface area contributed by atoms with Gasteiger partial charge in [0.05, 0.1) is 7.05 Å². The van der Waals surface area contributed by atoms with Crippen LogP contribution in [0.5, 0.6) is 0 Å². The lowest BCUT2D eigenvalue weighted by atomic mass is 9.97. The Morgan fingerprint density at radius 1 is 0.926 bits per heavy atom. The number of hydrogen-bond acceptors (Lipinski definition) is 1. The fourth-order valence-corrected chi connectivity index (χ4v) is 3.53. The van der Waals surface area contributed by atoms with Gasteiger partial charge < -0.3 is 10.2 Å². The van der Waals surface area contributed by atoms with Crippen LogP contribution >= 0.6 is 11.6 Å². The summed E-state index contributed by atoms with van der Waals surface area (Å²) in [5, 5.41) is 3.40. The van der Waals surface area contributed by atoms with Crippen LogP contribution in [0.15, 0.2) is 78.9 Å². The van der Waals surface area contributed by atoms with E-state index in [2.05, 4.69) is 48.8 Å². The second-order valence-corrected chi connectivity index (χ2v) is 7.13. The molecular weight excluding hydrogens is 356 g/mol. The van der Waals surface area contributed by atoms with Gasteiger partial charge in [0.15, 0.2) is 0 Å². The van der Waals surface area contributed by atoms with Crippen molar-refractivity contribution in [3.05, 3.63) is 106 Å². The van der Waals surface area contributed by atoms with Crippen molar-refractivity contribution >= 4 is 17.5 Å². The molecule has 138 valence electrons. The summed E-state index contributed by atoms with van der Waals surface area (Å²) in [7, 11) is 3.84. The van der Waals surface area contributed by atoms with Crippen molar-refractivity contribution in [1.82, 2.24) is 5.32 Å². The normalized spacial score (nSPS) is 13.0. The Labute approximate surface area is 165 Å². The molecule has 2 atom stereocenters. The molecule has 0 spiro atoms. The summed E-state index contributed by atoms with van der Waals surface area (Å²) in [6.07, 6.45) is 0. The van der Waals surface area contributed by atoms with Crippen molar-refractivity contribution in [3.63, 3.8) is 0 Å². The molecule has 3 rings (SSSR count). The van der Waals surface area contributed by atoms with E-state index in [-0.39, 0.29) is 11.9 Å². The number of benzene rings is 3. The van der Waals surface area contributed by atoms with Gasteiger partial charge in [0.1, 0.15) is 12.6 Å². The molecule has 4 heteroatoms. The van der Waals surface area contributed by atoms with Crippen LogP contribution < -0.4 is 10.2 Å². The minimum atomic E-state index is -0.0643. The van der Waals surface area contributed by atoms with Crippen molar-refractivity contribution < 1.29 is 9.69 Å². The molecule has 0 aliphatic heterocycles. The third kappa shape index (κ3) is 4.76. The lowest BCUT2D eigenvalue weighted by Gasteiger charge is -2.26. The maximum absolute atomic E-state index is 11.7. The van der Waals surface area contributed by atoms with Crippen LogP contribution in [0.3, 0.4) is 0 Å². The lowest BCUT2D eigenvalue weighted by molar-refractivity contribution is -0.919. The summed E-state index contributed by atoms with van der Waals surface area (Å²) < 4.78 is 0. The monoisotopic (exact) mass is 379 g/mol. The second-order valence-electron chi connectivity index (χ2n) is 6.69. The van der Waals surface area contributed by atoms with Crippen molar-refractivity contribution in [2.75, 3.05) is 14.1 Å². The largest absolute Gasteiger partial charge is 0.355 e. The average Bonchev–Trinajstić information content (AvgIpc) is 2.70. The number of rotatable bonds is 6. The zero-order valence-electron chi connectivity index (χ0n) is 15.6. The van der Waals surface area contributed by atoms with Gasteiger partial charge in [-0.1, -0.05) is 66.2 Å². The minimum absolute atomic E-state index is 0.0643. The predicted molar refractivity (Wildman–Crippen MR) is 110 cm³/mol. The van der Waals surface area contributed by atoms with Gasteiger partial charge in [-0.25, -0.2) is 0 Å². The number of halogens is 1. The van der Waals surface area contributed by atoms with Gasteiger partial charge in [-0.2, -0.15) is 0 Å². The number of carbonyl (C=O) groups excluding carboxylic acids is 1. The van der Waals surface area contributed by atoms with Gasteiger partial charge >= 0.3 is 0 Å². The van der Waals surface area contributed by atoms with Crippen molar-refractivity contribution in [2.24, 2.45) is 0 Å². The summed E-state index contributed by atoms with van der Waals surface area (Å²) in [5.74, 6) is -0.0643. The fourth-order valence-electron chi connectivity index (χ4n) is 3.40. The molecule has 3 aromatic carbocycles. The molecule has 0 aliphatic carbocycles. The Balaban J connectivity index is 1.86. The first-order valence-electron chi connectivity index (χ1n) is 9.02. The molecule has 0 bridgehead atoms. The maximum atomic E-state index is 11.7. The first-order chi connectivity index (χ1) is 13.1. The zero-order valence-corrected chi connectivity index (χ0v) is 16.3. The van der Waals surface area contributed by atoms with E-state index in [9.17, 15) is 4.79 Å². The van der Waals surface area contributed by atoms with E-state index in [4.69, 9.17) is 11.6 Å². The minimum Gasteiger partial charge on any atom is -0.355 e. The van der Waals surface area contributed by atoms with Crippen molar-refractivity contribution in [1.29, 1.82) is 0 Å². The Morgan fingerprint density at radius 3 is 2.11 bits per heavy atom. The zero-order chi connectivity index (χ0) is 19.2. The van der Waals surface area contributed by atoms with Crippen molar-refractivity contribution in [2.45, 2.75) is 12.6 Å². The van der Waals surface area contributed by atoms with Crippen LogP contribution in [-0.2, 0) is 6.54 Å². The number of amides is 1. The Morgan fingerprint density at radius 2 is 1.52 bits per heavy atom. The molecule has 1 amide bonds. The molecule has 0 heterocycles. The Bertz CT molecular complexity index is 877. The molecule has 1 unspecified atom stereocenters. The van der Waals surface area contributed by atoms with Crippen LogP contribution in [0, 0.1) is 0 Å². The van der Waals surface area contributed by atoms with Crippen molar-refractivity contribution in [3.8, 4) is 0 Å². The molecule has 0 saturated carbocycles. The van der Waals surface area contributed by atoms with Crippen LogP contribution in [0.4, 0.5) is 0 Å². The number of hydrogen-bond donors (Lipinski definition) is 2. The average molecular weight is 380 g/mol. The predicted octanol–water partition coefficient (Wildman–Crippen LogP) is 3.50. The first kappa shape index (κ1) is 19.2. The van der Waals surface area contributed by atoms with E-state index in [1.165, 1.54) is 21.6 Å². The van der Waals surface area contributed by atoms with Gasteiger partial charge in [0.25, 0.3) is 5.91 Å². The second kappa shape index (κ2) is 8.85. The third-order valence-corrected chi connectivity index (χ3v) is 5.01. The number of nitrogens with one attached hydrogen (secondary N) is 2. The Kier molecular flexibility index (Phi) is 6.28. The van der Waals surface area contributed by atoms with Crippen LogP contribution in [0.2, 0.25) is 5.02 Å². The van der Waals surface area contributed by atoms with Crippen LogP contribution in [0.25, 0.3) is 0 Å². The lowest BCUT2D eigenvalue weighted by Crippen LogP contribution is -3.08. The molecule has 0 saturated heterocycles. The number of quaternary nitrogens is 1. The quantitative estimate of drug-likeness (QED) is 0.675. The molecule has 0 aliphatic rings. The highest BCUT2D eigenvalue weighted by Crippen LogP contribution is 2.21. The van der Waals surface area contributed by atoms with E-state index >= 15 is 0 Å². The third-order valence-electron chi connectivity index (χ3n) is 4.76. The fraction of sp³-hybridized carbons (Fsp3) is 0.174. The summed E-state index contributed by atoms with van der Waals surface area (Å²) in [6.45, 7) is 0.843. The Hall–Kier alpha value is -2.62. The van der Waals surface area contributed by atoms with Gasteiger partial charge in [-0.05, 0) is 24.3 Å². The molecule has 0 aromatic heterocycles. The summed E-state index contributed by atoms with van der Waals surface area (Å²) >= 11 is 6.08. The molecule has 3 nitrogen and oxygen atoms in total. The molecule has 27 heavy (non-hydrogen) atoms. The smallest absolute Gasteiger partial charge is 0.251 e. The first-order valence-corrected chi connectivity index (χ1v) is 9.40. The van der Waals surface area contributed by atoms with E-state index in [0.717, 1.165) is 11.6 Å². The SMILES string of the molecule is CNC(=O)c1ccc(C[NH+](C)[C@@H](c2ccccc2)c2ccc(Cl)cc2)cc1. The summed E-state index contributed by atoms with van der Waals surface area (Å²) in [5.41, 5.74) is 4.36. The molecule has 0 fully saturated rings. The highest BCUT2D eigenvalue weighted by molar-refractivity contribution is 6.30. The van der Waals surface area contributed by atoms with Gasteiger partial charge in [0, 0.05) is 34.3 Å². The van der Waals surface area contributed by atoms with E-state index in [1.54, 1.807) is 7.05 Å². The molecule has 2 N–H and O–H groups in total. The van der Waals surface area contributed by atoms with Gasteiger partial charge in [-0.3, -0.25) is 4.79 Å². The van der Waals surface area contributed by atoms with Gasteiger partial charge in [-0.15, -0.1) is 0 Å².